The molecule has 0 amide bonds. The second-order valence-electron chi connectivity index (χ2n) is 3.30. The molecule has 1 heterocycles. The Morgan fingerprint density at radius 1 is 1.31 bits per heavy atom. The number of nitrogens with two attached hydrogens (primary N) is 1. The molecule has 0 spiro atoms. The van der Waals surface area contributed by atoms with E-state index in [1.54, 1.807) is 30.3 Å². The summed E-state index contributed by atoms with van der Waals surface area (Å²) >= 11 is 5.82. The standard InChI is InChI=1S/C12H9ClN2O/c13-9-3-1-2-8(6-9)12(16)10-4-5-15-7-11(10)14/h1-7H,14H2. The molecule has 0 radical (unpaired) electrons. The Morgan fingerprint density at radius 3 is 2.81 bits per heavy atom. The first-order chi connectivity index (χ1) is 7.68. The molecule has 16 heavy (non-hydrogen) atoms. The fraction of sp³-hybridized carbons (Fsp3) is 0. The smallest absolute Gasteiger partial charge is 0.195 e. The highest BCUT2D eigenvalue weighted by molar-refractivity contribution is 6.31. The van der Waals surface area contributed by atoms with Crippen molar-refractivity contribution >= 4 is 23.1 Å². The van der Waals surface area contributed by atoms with Gasteiger partial charge in [-0.2, -0.15) is 0 Å². The van der Waals surface area contributed by atoms with Gasteiger partial charge in [-0.05, 0) is 18.2 Å². The van der Waals surface area contributed by atoms with E-state index in [1.165, 1.54) is 12.4 Å². The number of ketones is 1. The zero-order chi connectivity index (χ0) is 11.5. The third-order valence-corrected chi connectivity index (χ3v) is 2.42. The molecule has 0 aliphatic carbocycles. The van der Waals surface area contributed by atoms with Crippen LogP contribution in [0.2, 0.25) is 5.02 Å². The summed E-state index contributed by atoms with van der Waals surface area (Å²) in [5, 5.41) is 0.526. The lowest BCUT2D eigenvalue weighted by Gasteiger charge is -2.04. The van der Waals surface area contributed by atoms with Crippen LogP contribution in [0.4, 0.5) is 5.69 Å². The highest BCUT2D eigenvalue weighted by Crippen LogP contribution is 2.17. The van der Waals surface area contributed by atoms with Gasteiger partial charge in [0.2, 0.25) is 0 Å². The summed E-state index contributed by atoms with van der Waals surface area (Å²) in [7, 11) is 0. The van der Waals surface area contributed by atoms with Gasteiger partial charge in [-0.25, -0.2) is 0 Å². The van der Waals surface area contributed by atoms with Crippen LogP contribution in [-0.2, 0) is 0 Å². The van der Waals surface area contributed by atoms with Gasteiger partial charge in [-0.3, -0.25) is 9.78 Å². The molecule has 0 fully saturated rings. The quantitative estimate of drug-likeness (QED) is 0.810. The molecule has 0 saturated carbocycles. The van der Waals surface area contributed by atoms with E-state index in [1.807, 2.05) is 0 Å². The minimum absolute atomic E-state index is 0.151. The van der Waals surface area contributed by atoms with Gasteiger partial charge < -0.3 is 5.73 Å². The number of carbonyl (C=O) groups excluding carboxylic acids is 1. The molecule has 1 aromatic carbocycles. The SMILES string of the molecule is Nc1cnccc1C(=O)c1cccc(Cl)c1. The molecule has 0 aliphatic heterocycles. The topological polar surface area (TPSA) is 56.0 Å². The first-order valence-corrected chi connectivity index (χ1v) is 5.06. The van der Waals surface area contributed by atoms with Crippen LogP contribution in [0.3, 0.4) is 0 Å². The molecular formula is C12H9ClN2O. The maximum Gasteiger partial charge on any atom is 0.195 e. The van der Waals surface area contributed by atoms with E-state index < -0.39 is 0 Å². The normalized spacial score (nSPS) is 10.1. The van der Waals surface area contributed by atoms with Crippen LogP contribution in [0.25, 0.3) is 0 Å². The van der Waals surface area contributed by atoms with E-state index in [0.29, 0.717) is 21.8 Å². The number of carbonyl (C=O) groups is 1. The van der Waals surface area contributed by atoms with Gasteiger partial charge in [0.25, 0.3) is 0 Å². The Morgan fingerprint density at radius 2 is 2.12 bits per heavy atom. The summed E-state index contributed by atoms with van der Waals surface area (Å²) in [5.74, 6) is -0.151. The molecule has 0 aliphatic rings. The van der Waals surface area contributed by atoms with Crippen molar-refractivity contribution in [3.05, 3.63) is 58.9 Å². The monoisotopic (exact) mass is 232 g/mol. The lowest BCUT2D eigenvalue weighted by Crippen LogP contribution is -2.05. The van der Waals surface area contributed by atoms with E-state index in [0.717, 1.165) is 0 Å². The molecule has 0 atom stereocenters. The number of aromatic nitrogens is 1. The number of rotatable bonds is 2. The number of hydrogen-bond acceptors (Lipinski definition) is 3. The molecule has 2 rings (SSSR count). The van der Waals surface area contributed by atoms with Gasteiger partial charge in [0.15, 0.2) is 5.78 Å². The predicted octanol–water partition coefficient (Wildman–Crippen LogP) is 2.55. The molecule has 80 valence electrons. The molecular weight excluding hydrogens is 224 g/mol. The third kappa shape index (κ3) is 2.04. The van der Waals surface area contributed by atoms with Crippen molar-refractivity contribution < 1.29 is 4.79 Å². The van der Waals surface area contributed by atoms with E-state index >= 15 is 0 Å². The van der Waals surface area contributed by atoms with Gasteiger partial charge in [0.05, 0.1) is 11.9 Å². The molecule has 0 bridgehead atoms. The Bertz CT molecular complexity index is 540. The minimum atomic E-state index is -0.151. The largest absolute Gasteiger partial charge is 0.397 e. The molecule has 3 nitrogen and oxygen atoms in total. The summed E-state index contributed by atoms with van der Waals surface area (Å²) in [5.41, 5.74) is 7.01. The Kier molecular flexibility index (Phi) is 2.88. The maximum absolute atomic E-state index is 12.1. The molecule has 2 N–H and O–H groups in total. The molecule has 4 heteroatoms. The van der Waals surface area contributed by atoms with E-state index in [4.69, 9.17) is 17.3 Å². The van der Waals surface area contributed by atoms with Crippen LogP contribution < -0.4 is 5.73 Å². The zero-order valence-corrected chi connectivity index (χ0v) is 9.11. The minimum Gasteiger partial charge on any atom is -0.397 e. The van der Waals surface area contributed by atoms with E-state index in [-0.39, 0.29) is 5.78 Å². The maximum atomic E-state index is 12.1. The second-order valence-corrected chi connectivity index (χ2v) is 3.74. The lowest BCUT2D eigenvalue weighted by molar-refractivity contribution is 0.103. The first kappa shape index (κ1) is 10.6. The van der Waals surface area contributed by atoms with Crippen LogP contribution in [0.1, 0.15) is 15.9 Å². The van der Waals surface area contributed by atoms with Crippen LogP contribution in [0.5, 0.6) is 0 Å². The van der Waals surface area contributed by atoms with Crippen LogP contribution in [-0.4, -0.2) is 10.8 Å². The van der Waals surface area contributed by atoms with Crippen molar-refractivity contribution in [3.8, 4) is 0 Å². The number of benzene rings is 1. The van der Waals surface area contributed by atoms with Crippen molar-refractivity contribution in [2.45, 2.75) is 0 Å². The fourth-order valence-corrected chi connectivity index (χ4v) is 1.59. The van der Waals surface area contributed by atoms with Gasteiger partial charge in [0.1, 0.15) is 0 Å². The summed E-state index contributed by atoms with van der Waals surface area (Å²) in [6, 6.07) is 8.36. The Labute approximate surface area is 97.9 Å². The van der Waals surface area contributed by atoms with Crippen molar-refractivity contribution in [1.29, 1.82) is 0 Å². The molecule has 1 aromatic heterocycles. The first-order valence-electron chi connectivity index (χ1n) is 4.68. The average molecular weight is 233 g/mol. The van der Waals surface area contributed by atoms with Gasteiger partial charge in [0, 0.05) is 22.3 Å². The van der Waals surface area contributed by atoms with Crippen molar-refractivity contribution in [2.24, 2.45) is 0 Å². The second kappa shape index (κ2) is 4.33. The number of nitrogen functional groups attached to an aromatic ring is 1. The van der Waals surface area contributed by atoms with Crippen molar-refractivity contribution in [1.82, 2.24) is 4.98 Å². The number of pyridine rings is 1. The third-order valence-electron chi connectivity index (χ3n) is 2.18. The van der Waals surface area contributed by atoms with E-state index in [2.05, 4.69) is 4.98 Å². The molecule has 0 saturated heterocycles. The van der Waals surface area contributed by atoms with Gasteiger partial charge in [-0.15, -0.1) is 0 Å². The van der Waals surface area contributed by atoms with Gasteiger partial charge in [-0.1, -0.05) is 23.7 Å². The van der Waals surface area contributed by atoms with Crippen molar-refractivity contribution in [2.75, 3.05) is 5.73 Å². The fourth-order valence-electron chi connectivity index (χ4n) is 1.40. The Balaban J connectivity index is 2.44. The van der Waals surface area contributed by atoms with Crippen LogP contribution >= 0.6 is 11.6 Å². The van der Waals surface area contributed by atoms with Gasteiger partial charge >= 0.3 is 0 Å². The van der Waals surface area contributed by atoms with Crippen molar-refractivity contribution in [3.63, 3.8) is 0 Å². The Hall–Kier alpha value is -1.87. The number of anilines is 1. The lowest BCUT2D eigenvalue weighted by atomic mass is 10.0. The number of hydrogen-bond donors (Lipinski definition) is 1. The molecule has 0 unspecified atom stereocenters. The van der Waals surface area contributed by atoms with E-state index in [9.17, 15) is 4.79 Å². The zero-order valence-electron chi connectivity index (χ0n) is 8.35. The summed E-state index contributed by atoms with van der Waals surface area (Å²) < 4.78 is 0. The molecule has 2 aromatic rings. The average Bonchev–Trinajstić information content (AvgIpc) is 2.29. The highest BCUT2D eigenvalue weighted by Gasteiger charge is 2.11. The van der Waals surface area contributed by atoms with Crippen LogP contribution in [0, 0.1) is 0 Å². The highest BCUT2D eigenvalue weighted by atomic mass is 35.5. The number of halogens is 1. The predicted molar refractivity (Wildman–Crippen MR) is 63.5 cm³/mol. The van der Waals surface area contributed by atoms with Crippen LogP contribution in [0.15, 0.2) is 42.7 Å². The summed E-state index contributed by atoms with van der Waals surface area (Å²) in [6.07, 6.45) is 2.99. The summed E-state index contributed by atoms with van der Waals surface area (Å²) in [4.78, 5) is 15.9. The number of nitrogens with zero attached hydrogens (tertiary/aromatic N) is 1. The summed E-state index contributed by atoms with van der Waals surface area (Å²) in [6.45, 7) is 0.